The monoisotopic (exact) mass is 547 g/mol. The summed E-state index contributed by atoms with van der Waals surface area (Å²) in [4.78, 5) is 22.6. The number of carbonyl (C=O) groups excluding carboxylic acids is 1. The number of likely N-dealkylation sites (tertiary alicyclic amines) is 1. The Labute approximate surface area is 230 Å². The van der Waals surface area contributed by atoms with Crippen molar-refractivity contribution in [1.29, 1.82) is 0 Å². The van der Waals surface area contributed by atoms with E-state index in [1.807, 2.05) is 36.5 Å². The smallest absolute Gasteiger partial charge is 0.314 e. The fourth-order valence-electron chi connectivity index (χ4n) is 5.79. The highest BCUT2D eigenvalue weighted by molar-refractivity contribution is 6.42. The van der Waals surface area contributed by atoms with E-state index in [1.165, 1.54) is 0 Å². The van der Waals surface area contributed by atoms with Crippen molar-refractivity contribution in [3.05, 3.63) is 63.9 Å². The third kappa shape index (κ3) is 6.76. The standard InChI is InChI=1S/C28H39Cl2N5O2/c1-28(2,3)24-18-34(14-15-35(24)25(36)16-19-9-12-33(13-10-19)27(31)37)26(23-6-4-5-11-32-23)20-7-8-21(29)22(30)17-20/h4-8,11,17,19,24-26,36H,9-10,12-16,18H2,1-3H3,(H2,31,37). The van der Waals surface area contributed by atoms with Gasteiger partial charge in [-0.05, 0) is 60.4 Å². The molecule has 3 unspecified atom stereocenters. The first kappa shape index (κ1) is 28.1. The minimum atomic E-state index is -0.533. The molecule has 3 N–H and O–H groups in total. The Morgan fingerprint density at radius 2 is 1.84 bits per heavy atom. The molecule has 0 radical (unpaired) electrons. The van der Waals surface area contributed by atoms with Gasteiger partial charge in [-0.3, -0.25) is 14.8 Å². The van der Waals surface area contributed by atoms with E-state index < -0.39 is 6.23 Å². The van der Waals surface area contributed by atoms with E-state index in [-0.39, 0.29) is 23.5 Å². The molecule has 7 nitrogen and oxygen atoms in total. The number of nitrogens with two attached hydrogens (primary N) is 1. The SMILES string of the molecule is CC(C)(C)C1CN(C(c2ccc(Cl)c(Cl)c2)c2ccccn2)CCN1C(O)CC1CCN(C(N)=O)CC1. The minimum absolute atomic E-state index is 0.0543. The predicted molar refractivity (Wildman–Crippen MR) is 149 cm³/mol. The van der Waals surface area contributed by atoms with Crippen molar-refractivity contribution in [3.8, 4) is 0 Å². The van der Waals surface area contributed by atoms with Gasteiger partial charge < -0.3 is 15.7 Å². The number of hydrogen-bond donors (Lipinski definition) is 2. The third-order valence-electron chi connectivity index (χ3n) is 7.90. The van der Waals surface area contributed by atoms with Gasteiger partial charge in [0.25, 0.3) is 0 Å². The van der Waals surface area contributed by atoms with Crippen LogP contribution in [0.2, 0.25) is 10.0 Å². The van der Waals surface area contributed by atoms with Crippen LogP contribution in [-0.2, 0) is 0 Å². The van der Waals surface area contributed by atoms with Crippen LogP contribution < -0.4 is 5.73 Å². The van der Waals surface area contributed by atoms with Crippen LogP contribution in [-0.4, -0.2) is 75.8 Å². The number of piperidine rings is 1. The number of piperazine rings is 1. The van der Waals surface area contributed by atoms with Crippen molar-refractivity contribution in [2.45, 2.75) is 58.3 Å². The van der Waals surface area contributed by atoms with Crippen LogP contribution in [0.15, 0.2) is 42.6 Å². The molecular formula is C28H39Cl2N5O2. The average Bonchev–Trinajstić information content (AvgIpc) is 2.86. The summed E-state index contributed by atoms with van der Waals surface area (Å²) in [6, 6.07) is 11.5. The highest BCUT2D eigenvalue weighted by atomic mass is 35.5. The van der Waals surface area contributed by atoms with Crippen molar-refractivity contribution in [2.24, 2.45) is 17.1 Å². The lowest BCUT2D eigenvalue weighted by molar-refractivity contribution is -0.104. The lowest BCUT2D eigenvalue weighted by Crippen LogP contribution is -2.61. The minimum Gasteiger partial charge on any atom is -0.378 e. The van der Waals surface area contributed by atoms with E-state index >= 15 is 0 Å². The van der Waals surface area contributed by atoms with Gasteiger partial charge in [0.15, 0.2) is 0 Å². The molecule has 0 aliphatic carbocycles. The number of nitrogens with zero attached hydrogens (tertiary/aromatic N) is 4. The van der Waals surface area contributed by atoms with Gasteiger partial charge in [-0.15, -0.1) is 0 Å². The Bertz CT molecular complexity index is 1060. The summed E-state index contributed by atoms with van der Waals surface area (Å²) in [5.74, 6) is 0.377. The Morgan fingerprint density at radius 3 is 2.43 bits per heavy atom. The Balaban J connectivity index is 1.53. The van der Waals surface area contributed by atoms with E-state index in [0.29, 0.717) is 35.5 Å². The normalized spacial score (nSPS) is 22.1. The molecule has 9 heteroatoms. The number of aliphatic hydroxyl groups is 1. The van der Waals surface area contributed by atoms with E-state index in [0.717, 1.165) is 43.7 Å². The van der Waals surface area contributed by atoms with Crippen LogP contribution in [0.25, 0.3) is 0 Å². The summed E-state index contributed by atoms with van der Waals surface area (Å²) in [5.41, 5.74) is 7.40. The first-order valence-electron chi connectivity index (χ1n) is 13.1. The number of benzene rings is 1. The topological polar surface area (TPSA) is 85.9 Å². The zero-order chi connectivity index (χ0) is 26.7. The molecule has 3 heterocycles. The summed E-state index contributed by atoms with van der Waals surface area (Å²) in [5, 5.41) is 12.5. The molecule has 2 fully saturated rings. The molecule has 202 valence electrons. The number of hydrogen-bond acceptors (Lipinski definition) is 5. The second-order valence-corrected chi connectivity index (χ2v) is 12.2. The van der Waals surface area contributed by atoms with Crippen LogP contribution in [0, 0.1) is 11.3 Å². The number of pyridine rings is 1. The number of carbonyl (C=O) groups is 1. The average molecular weight is 549 g/mol. The van der Waals surface area contributed by atoms with Crippen LogP contribution in [0.1, 0.15) is 57.3 Å². The Hall–Kier alpha value is -1.90. The fraction of sp³-hybridized carbons (Fsp3) is 0.571. The largest absolute Gasteiger partial charge is 0.378 e. The Morgan fingerprint density at radius 1 is 1.11 bits per heavy atom. The zero-order valence-electron chi connectivity index (χ0n) is 22.0. The highest BCUT2D eigenvalue weighted by Crippen LogP contribution is 2.37. The van der Waals surface area contributed by atoms with E-state index in [2.05, 4.69) is 36.6 Å². The van der Waals surface area contributed by atoms with Gasteiger partial charge in [-0.1, -0.05) is 56.1 Å². The molecule has 3 atom stereocenters. The van der Waals surface area contributed by atoms with Crippen LogP contribution >= 0.6 is 23.2 Å². The van der Waals surface area contributed by atoms with Crippen molar-refractivity contribution in [2.75, 3.05) is 32.7 Å². The van der Waals surface area contributed by atoms with Crippen LogP contribution in [0.4, 0.5) is 4.79 Å². The van der Waals surface area contributed by atoms with Gasteiger partial charge in [-0.2, -0.15) is 0 Å². The van der Waals surface area contributed by atoms with E-state index in [1.54, 1.807) is 4.90 Å². The van der Waals surface area contributed by atoms with Gasteiger partial charge in [-0.25, -0.2) is 4.79 Å². The molecule has 37 heavy (non-hydrogen) atoms. The molecule has 0 bridgehead atoms. The van der Waals surface area contributed by atoms with Crippen molar-refractivity contribution >= 4 is 29.2 Å². The maximum absolute atomic E-state index is 11.5. The number of aromatic nitrogens is 1. The molecule has 1 aromatic heterocycles. The summed E-state index contributed by atoms with van der Waals surface area (Å²) in [7, 11) is 0. The lowest BCUT2D eigenvalue weighted by atomic mass is 9.82. The molecule has 2 saturated heterocycles. The number of primary amides is 1. The molecule has 0 spiro atoms. The van der Waals surface area contributed by atoms with Gasteiger partial charge in [0.05, 0.1) is 21.8 Å². The van der Waals surface area contributed by atoms with E-state index in [4.69, 9.17) is 33.9 Å². The van der Waals surface area contributed by atoms with E-state index in [9.17, 15) is 9.90 Å². The molecule has 2 aliphatic rings. The fourth-order valence-corrected chi connectivity index (χ4v) is 6.10. The second kappa shape index (κ2) is 11.9. The summed E-state index contributed by atoms with van der Waals surface area (Å²) in [6.07, 6.45) is 3.74. The summed E-state index contributed by atoms with van der Waals surface area (Å²) in [6.45, 7) is 10.3. The molecule has 2 aromatic rings. The van der Waals surface area contributed by atoms with Gasteiger partial charge in [0, 0.05) is 45.0 Å². The number of urea groups is 1. The van der Waals surface area contributed by atoms with Crippen molar-refractivity contribution < 1.29 is 9.90 Å². The lowest BCUT2D eigenvalue weighted by Gasteiger charge is -2.51. The maximum atomic E-state index is 11.5. The summed E-state index contributed by atoms with van der Waals surface area (Å²) < 4.78 is 0. The molecule has 1 aromatic carbocycles. The zero-order valence-corrected chi connectivity index (χ0v) is 23.5. The molecule has 2 aliphatic heterocycles. The van der Waals surface area contributed by atoms with Gasteiger partial charge >= 0.3 is 6.03 Å². The molecule has 2 amide bonds. The predicted octanol–water partition coefficient (Wildman–Crippen LogP) is 5.01. The molecule has 0 saturated carbocycles. The molecular weight excluding hydrogens is 509 g/mol. The van der Waals surface area contributed by atoms with Gasteiger partial charge in [0.2, 0.25) is 0 Å². The number of halogens is 2. The maximum Gasteiger partial charge on any atom is 0.314 e. The van der Waals surface area contributed by atoms with Crippen LogP contribution in [0.3, 0.4) is 0 Å². The quantitative estimate of drug-likeness (QED) is 0.530. The van der Waals surface area contributed by atoms with Gasteiger partial charge in [0.1, 0.15) is 6.23 Å². The van der Waals surface area contributed by atoms with Crippen LogP contribution in [0.5, 0.6) is 0 Å². The Kier molecular flexibility index (Phi) is 9.02. The van der Waals surface area contributed by atoms with Crippen molar-refractivity contribution in [1.82, 2.24) is 19.7 Å². The number of amides is 2. The second-order valence-electron chi connectivity index (χ2n) is 11.4. The molecule has 4 rings (SSSR count). The number of aliphatic hydroxyl groups excluding tert-OH is 1. The number of rotatable bonds is 6. The first-order valence-corrected chi connectivity index (χ1v) is 13.9. The first-order chi connectivity index (χ1) is 17.5. The highest BCUT2D eigenvalue weighted by Gasteiger charge is 2.41. The third-order valence-corrected chi connectivity index (χ3v) is 8.64. The summed E-state index contributed by atoms with van der Waals surface area (Å²) >= 11 is 12.7. The van der Waals surface area contributed by atoms with Crippen molar-refractivity contribution in [3.63, 3.8) is 0 Å².